The zero-order chi connectivity index (χ0) is 11.1. The topological polar surface area (TPSA) is 38.7 Å². The van der Waals surface area contributed by atoms with Gasteiger partial charge in [-0.05, 0) is 12.1 Å². The van der Waals surface area contributed by atoms with Gasteiger partial charge in [0.25, 0.3) is 0 Å². The van der Waals surface area contributed by atoms with Crippen LogP contribution < -0.4 is 9.47 Å². The van der Waals surface area contributed by atoms with Crippen molar-refractivity contribution in [2.24, 2.45) is 0 Å². The molecule has 0 saturated heterocycles. The Kier molecular flexibility index (Phi) is 5.01. The molecule has 0 aliphatic carbocycles. The number of rotatable bonds is 5. The average molecular weight is 229 g/mol. The molecular formula is C11H13ClO3. The Morgan fingerprint density at radius 1 is 1.47 bits per heavy atom. The van der Waals surface area contributed by atoms with E-state index in [-0.39, 0.29) is 6.61 Å². The van der Waals surface area contributed by atoms with Gasteiger partial charge in [0.05, 0.1) is 13.7 Å². The van der Waals surface area contributed by atoms with Crippen LogP contribution in [-0.2, 0) is 6.61 Å². The number of benzene rings is 1. The van der Waals surface area contributed by atoms with Crippen molar-refractivity contribution in [3.8, 4) is 11.5 Å². The summed E-state index contributed by atoms with van der Waals surface area (Å²) in [6.07, 6.45) is 1.66. The molecule has 0 aromatic heterocycles. The molecular weight excluding hydrogens is 216 g/mol. The largest absolute Gasteiger partial charge is 0.493 e. The summed E-state index contributed by atoms with van der Waals surface area (Å²) in [4.78, 5) is 0. The van der Waals surface area contributed by atoms with E-state index >= 15 is 0 Å². The van der Waals surface area contributed by atoms with Crippen molar-refractivity contribution in [2.75, 3.05) is 13.7 Å². The van der Waals surface area contributed by atoms with Crippen LogP contribution >= 0.6 is 11.6 Å². The second-order valence-electron chi connectivity index (χ2n) is 2.78. The molecule has 0 amide bonds. The third-order valence-corrected chi connectivity index (χ3v) is 2.04. The minimum atomic E-state index is -0.0862. The van der Waals surface area contributed by atoms with Gasteiger partial charge in [0.15, 0.2) is 11.5 Å². The number of ether oxygens (including phenoxy) is 2. The summed E-state index contributed by atoms with van der Waals surface area (Å²) in [6.45, 7) is 0.258. The van der Waals surface area contributed by atoms with Crippen LogP contribution in [0.3, 0.4) is 0 Å². The van der Waals surface area contributed by atoms with Gasteiger partial charge in [0.1, 0.15) is 6.61 Å². The molecule has 15 heavy (non-hydrogen) atoms. The molecule has 0 radical (unpaired) electrons. The lowest BCUT2D eigenvalue weighted by atomic mass is 10.2. The van der Waals surface area contributed by atoms with Crippen LogP contribution in [0.5, 0.6) is 11.5 Å². The summed E-state index contributed by atoms with van der Waals surface area (Å²) >= 11 is 5.37. The molecule has 0 aliphatic heterocycles. The molecule has 0 spiro atoms. The molecule has 1 aromatic carbocycles. The molecule has 0 heterocycles. The maximum Gasteiger partial charge on any atom is 0.167 e. The van der Waals surface area contributed by atoms with Gasteiger partial charge >= 0.3 is 0 Å². The zero-order valence-corrected chi connectivity index (χ0v) is 9.20. The van der Waals surface area contributed by atoms with Gasteiger partial charge in [0.2, 0.25) is 0 Å². The predicted molar refractivity (Wildman–Crippen MR) is 59.4 cm³/mol. The summed E-state index contributed by atoms with van der Waals surface area (Å²) < 4.78 is 10.6. The van der Waals surface area contributed by atoms with E-state index in [1.54, 1.807) is 31.4 Å². The lowest BCUT2D eigenvalue weighted by molar-refractivity contribution is 0.264. The summed E-state index contributed by atoms with van der Waals surface area (Å²) in [5.41, 5.74) is 2.07. The number of aliphatic hydroxyl groups excluding tert-OH is 1. The van der Waals surface area contributed by atoms with Crippen LogP contribution in [0.2, 0.25) is 0 Å². The second kappa shape index (κ2) is 6.32. The minimum Gasteiger partial charge on any atom is -0.493 e. The number of hydrogen-bond acceptors (Lipinski definition) is 3. The molecule has 0 atom stereocenters. The number of para-hydroxylation sites is 1. The van der Waals surface area contributed by atoms with Crippen LogP contribution in [0, 0.1) is 0 Å². The van der Waals surface area contributed by atoms with Crippen molar-refractivity contribution in [1.29, 1.82) is 0 Å². The Labute approximate surface area is 93.9 Å². The monoisotopic (exact) mass is 228 g/mol. The normalized spacial score (nSPS) is 10.6. The van der Waals surface area contributed by atoms with E-state index in [0.717, 1.165) is 0 Å². The van der Waals surface area contributed by atoms with Gasteiger partial charge in [-0.2, -0.15) is 0 Å². The van der Waals surface area contributed by atoms with Crippen molar-refractivity contribution >= 4 is 11.6 Å². The van der Waals surface area contributed by atoms with Crippen molar-refractivity contribution in [1.82, 2.24) is 0 Å². The molecule has 1 rings (SSSR count). The van der Waals surface area contributed by atoms with Gasteiger partial charge in [-0.25, -0.2) is 0 Å². The quantitative estimate of drug-likeness (QED) is 0.841. The first-order valence-corrected chi connectivity index (χ1v) is 4.92. The van der Waals surface area contributed by atoms with Gasteiger partial charge in [0, 0.05) is 11.1 Å². The van der Waals surface area contributed by atoms with E-state index in [0.29, 0.717) is 23.7 Å². The van der Waals surface area contributed by atoms with Crippen LogP contribution in [-0.4, -0.2) is 18.8 Å². The van der Waals surface area contributed by atoms with Gasteiger partial charge in [-0.3, -0.25) is 0 Å². The maximum atomic E-state index is 9.12. The summed E-state index contributed by atoms with van der Waals surface area (Å²) in [5, 5.41) is 9.12. The minimum absolute atomic E-state index is 0.0862. The summed E-state index contributed by atoms with van der Waals surface area (Å²) in [6, 6.07) is 5.36. The van der Waals surface area contributed by atoms with Crippen LogP contribution in [0.25, 0.3) is 0 Å². The summed E-state index contributed by atoms with van der Waals surface area (Å²) in [7, 11) is 1.56. The highest BCUT2D eigenvalue weighted by molar-refractivity contribution is 6.25. The second-order valence-corrected chi connectivity index (χ2v) is 3.03. The van der Waals surface area contributed by atoms with Crippen LogP contribution in [0.4, 0.5) is 0 Å². The first kappa shape index (κ1) is 11.9. The molecule has 1 N–H and O–H groups in total. The van der Waals surface area contributed by atoms with Gasteiger partial charge < -0.3 is 14.6 Å². The highest BCUT2D eigenvalue weighted by Crippen LogP contribution is 2.30. The number of aliphatic hydroxyl groups is 1. The Hall–Kier alpha value is -1.19. The fourth-order valence-electron chi connectivity index (χ4n) is 1.18. The molecule has 0 aliphatic rings. The van der Waals surface area contributed by atoms with Gasteiger partial charge in [-0.1, -0.05) is 23.7 Å². The Bertz CT molecular complexity index is 314. The smallest absolute Gasteiger partial charge is 0.167 e. The Morgan fingerprint density at radius 2 is 2.27 bits per heavy atom. The van der Waals surface area contributed by atoms with E-state index in [4.69, 9.17) is 26.2 Å². The molecule has 0 unspecified atom stereocenters. The molecule has 82 valence electrons. The van der Waals surface area contributed by atoms with E-state index in [2.05, 4.69) is 0 Å². The third-order valence-electron chi connectivity index (χ3n) is 1.86. The van der Waals surface area contributed by atoms with Crippen molar-refractivity contribution in [2.45, 2.75) is 6.61 Å². The molecule has 1 aromatic rings. The maximum absolute atomic E-state index is 9.12. The number of methoxy groups -OCH3 is 1. The zero-order valence-electron chi connectivity index (χ0n) is 8.44. The third kappa shape index (κ3) is 3.15. The van der Waals surface area contributed by atoms with E-state index < -0.39 is 0 Å². The summed E-state index contributed by atoms with van der Waals surface area (Å²) in [5.74, 6) is 1.15. The van der Waals surface area contributed by atoms with E-state index in [1.165, 1.54) is 5.54 Å². The predicted octanol–water partition coefficient (Wildman–Crippen LogP) is 2.32. The average Bonchev–Trinajstić information content (AvgIpc) is 2.29. The van der Waals surface area contributed by atoms with E-state index in [1.807, 2.05) is 0 Å². The van der Waals surface area contributed by atoms with Crippen molar-refractivity contribution < 1.29 is 14.6 Å². The highest BCUT2D eigenvalue weighted by atomic mass is 35.5. The molecule has 0 saturated carbocycles. The highest BCUT2D eigenvalue weighted by Gasteiger charge is 2.08. The fraction of sp³-hybridized carbons (Fsp3) is 0.273. The van der Waals surface area contributed by atoms with Crippen LogP contribution in [0.15, 0.2) is 29.8 Å². The molecule has 4 heteroatoms. The van der Waals surface area contributed by atoms with E-state index in [9.17, 15) is 0 Å². The first-order valence-electron chi connectivity index (χ1n) is 4.48. The number of halogens is 1. The van der Waals surface area contributed by atoms with Crippen molar-refractivity contribution in [3.63, 3.8) is 0 Å². The SMILES string of the molecule is COc1cccc(CO)c1OC/C=C/Cl. The van der Waals surface area contributed by atoms with Crippen molar-refractivity contribution in [3.05, 3.63) is 35.4 Å². The lowest BCUT2D eigenvalue weighted by Gasteiger charge is -2.12. The first-order chi connectivity index (χ1) is 7.33. The molecule has 0 fully saturated rings. The lowest BCUT2D eigenvalue weighted by Crippen LogP contribution is -2.00. The Morgan fingerprint density at radius 3 is 2.87 bits per heavy atom. The Balaban J connectivity index is 2.89. The van der Waals surface area contributed by atoms with Gasteiger partial charge in [-0.15, -0.1) is 0 Å². The fourth-order valence-corrected chi connectivity index (χ4v) is 1.25. The van der Waals surface area contributed by atoms with Crippen LogP contribution in [0.1, 0.15) is 5.56 Å². The standard InChI is InChI=1S/C11H13ClO3/c1-14-10-5-2-4-9(8-13)11(10)15-7-3-6-12/h2-6,13H,7-8H2,1H3/b6-3+. The number of hydrogen-bond donors (Lipinski definition) is 1. The molecule has 0 bridgehead atoms. The molecule has 3 nitrogen and oxygen atoms in total.